The molecule has 2 aromatic heterocycles. The summed E-state index contributed by atoms with van der Waals surface area (Å²) in [5.74, 6) is 3.00. The summed E-state index contributed by atoms with van der Waals surface area (Å²) in [5.41, 5.74) is 0.708. The van der Waals surface area contributed by atoms with Crippen LogP contribution in [0.2, 0.25) is 0 Å². The molecule has 25 heavy (non-hydrogen) atoms. The maximum absolute atomic E-state index is 13.1. The lowest BCUT2D eigenvalue weighted by molar-refractivity contribution is 0.136. The number of pyridine rings is 1. The maximum Gasteiger partial charge on any atom is 0.322 e. The molecule has 1 N–H and O–H groups in total. The standard InChI is InChI=1S/C19H23N5O/c25-19(22-17-3-1-4-20-18(17)24-6-2-5-21-24)23-12-15-8-13-7-14(9-15)11-16(23)10-13/h1-6,13-16H,7-12H2,(H,22,25). The smallest absolute Gasteiger partial charge is 0.321 e. The molecule has 130 valence electrons. The molecule has 4 heterocycles. The Morgan fingerprint density at radius 1 is 1.04 bits per heavy atom. The van der Waals surface area contributed by atoms with E-state index in [1.807, 2.05) is 24.4 Å². The molecule has 2 saturated carbocycles. The van der Waals surface area contributed by atoms with Crippen LogP contribution in [0.25, 0.3) is 5.82 Å². The summed E-state index contributed by atoms with van der Waals surface area (Å²) in [4.78, 5) is 19.6. The Bertz CT molecular complexity index is 760. The normalized spacial score (nSPS) is 30.3. The van der Waals surface area contributed by atoms with E-state index >= 15 is 0 Å². The molecule has 2 atom stereocenters. The van der Waals surface area contributed by atoms with E-state index in [9.17, 15) is 4.79 Å². The summed E-state index contributed by atoms with van der Waals surface area (Å²) in [6.45, 7) is 0.904. The summed E-state index contributed by atoms with van der Waals surface area (Å²) < 4.78 is 1.69. The van der Waals surface area contributed by atoms with Crippen molar-refractivity contribution in [1.82, 2.24) is 19.7 Å². The Labute approximate surface area is 147 Å². The highest BCUT2D eigenvalue weighted by Gasteiger charge is 2.44. The molecule has 2 aromatic rings. The van der Waals surface area contributed by atoms with Crippen LogP contribution in [-0.2, 0) is 0 Å². The van der Waals surface area contributed by atoms with Gasteiger partial charge in [0.15, 0.2) is 5.82 Å². The summed E-state index contributed by atoms with van der Waals surface area (Å²) in [6, 6.07) is 6.01. The summed E-state index contributed by atoms with van der Waals surface area (Å²) in [6.07, 6.45) is 11.6. The first kappa shape index (κ1) is 14.9. The highest BCUT2D eigenvalue weighted by Crippen LogP contribution is 2.47. The van der Waals surface area contributed by atoms with Crippen LogP contribution in [0.1, 0.15) is 32.1 Å². The number of amides is 2. The number of aromatic nitrogens is 3. The van der Waals surface area contributed by atoms with Crippen LogP contribution in [0, 0.1) is 17.8 Å². The molecule has 4 fully saturated rings. The Morgan fingerprint density at radius 3 is 2.60 bits per heavy atom. The van der Waals surface area contributed by atoms with Crippen molar-refractivity contribution in [2.24, 2.45) is 17.8 Å². The van der Waals surface area contributed by atoms with E-state index < -0.39 is 0 Å². The van der Waals surface area contributed by atoms with Crippen molar-refractivity contribution >= 4 is 11.7 Å². The first-order valence-electron chi connectivity index (χ1n) is 9.29. The van der Waals surface area contributed by atoms with Crippen LogP contribution < -0.4 is 5.32 Å². The molecule has 4 bridgehead atoms. The van der Waals surface area contributed by atoms with Gasteiger partial charge in [0.1, 0.15) is 0 Å². The number of urea groups is 1. The lowest BCUT2D eigenvalue weighted by atomic mass is 9.68. The minimum Gasteiger partial charge on any atom is -0.321 e. The third-order valence-corrected chi connectivity index (χ3v) is 6.12. The van der Waals surface area contributed by atoms with Crippen LogP contribution in [0.15, 0.2) is 36.8 Å². The van der Waals surface area contributed by atoms with Crippen LogP contribution in [-0.4, -0.2) is 38.3 Å². The highest BCUT2D eigenvalue weighted by molar-refractivity contribution is 5.91. The number of hydrogen-bond donors (Lipinski definition) is 1. The van der Waals surface area contributed by atoms with Gasteiger partial charge in [0, 0.05) is 31.2 Å². The van der Waals surface area contributed by atoms with Gasteiger partial charge in [-0.2, -0.15) is 5.10 Å². The zero-order valence-electron chi connectivity index (χ0n) is 14.2. The molecule has 2 aliphatic heterocycles. The summed E-state index contributed by atoms with van der Waals surface area (Å²) in [7, 11) is 0. The van der Waals surface area contributed by atoms with Gasteiger partial charge in [0.2, 0.25) is 0 Å². The Balaban J connectivity index is 1.39. The van der Waals surface area contributed by atoms with Gasteiger partial charge in [-0.3, -0.25) is 0 Å². The average molecular weight is 337 g/mol. The minimum atomic E-state index is 0.0135. The maximum atomic E-state index is 13.1. The van der Waals surface area contributed by atoms with Crippen LogP contribution in [0.4, 0.5) is 10.5 Å². The molecule has 6 nitrogen and oxygen atoms in total. The van der Waals surface area contributed by atoms with E-state index in [4.69, 9.17) is 0 Å². The number of carbonyl (C=O) groups excluding carboxylic acids is 1. The average Bonchev–Trinajstić information content (AvgIpc) is 3.06. The van der Waals surface area contributed by atoms with E-state index in [-0.39, 0.29) is 6.03 Å². The third-order valence-electron chi connectivity index (χ3n) is 6.12. The van der Waals surface area contributed by atoms with Gasteiger partial charge in [-0.15, -0.1) is 0 Å². The fourth-order valence-corrected chi connectivity index (χ4v) is 5.29. The molecule has 0 spiro atoms. The van der Waals surface area contributed by atoms with Gasteiger partial charge < -0.3 is 10.2 Å². The van der Waals surface area contributed by atoms with Gasteiger partial charge in [-0.25, -0.2) is 14.5 Å². The van der Waals surface area contributed by atoms with Gasteiger partial charge in [-0.1, -0.05) is 0 Å². The van der Waals surface area contributed by atoms with Gasteiger partial charge >= 0.3 is 6.03 Å². The second-order valence-electron chi connectivity index (χ2n) is 7.84. The number of hydrogen-bond acceptors (Lipinski definition) is 3. The minimum absolute atomic E-state index is 0.0135. The van der Waals surface area contributed by atoms with E-state index in [1.54, 1.807) is 17.1 Å². The predicted octanol–water partition coefficient (Wildman–Crippen LogP) is 3.31. The van der Waals surface area contributed by atoms with Crippen LogP contribution >= 0.6 is 0 Å². The lowest BCUT2D eigenvalue weighted by Gasteiger charge is -2.38. The van der Waals surface area contributed by atoms with E-state index in [1.165, 1.54) is 32.1 Å². The van der Waals surface area contributed by atoms with Crippen molar-refractivity contribution in [2.45, 2.75) is 38.1 Å². The molecule has 0 radical (unpaired) electrons. The van der Waals surface area contributed by atoms with Crippen molar-refractivity contribution in [2.75, 3.05) is 11.9 Å². The van der Waals surface area contributed by atoms with Crippen molar-refractivity contribution in [3.8, 4) is 5.82 Å². The monoisotopic (exact) mass is 337 g/mol. The van der Waals surface area contributed by atoms with E-state index in [0.29, 0.717) is 23.5 Å². The van der Waals surface area contributed by atoms with Crippen LogP contribution in [0.5, 0.6) is 0 Å². The topological polar surface area (TPSA) is 63.1 Å². The number of nitrogens with one attached hydrogen (secondary N) is 1. The molecule has 0 aromatic carbocycles. The zero-order valence-corrected chi connectivity index (χ0v) is 14.2. The van der Waals surface area contributed by atoms with Crippen molar-refractivity contribution in [1.29, 1.82) is 0 Å². The Morgan fingerprint density at radius 2 is 1.84 bits per heavy atom. The third kappa shape index (κ3) is 2.69. The van der Waals surface area contributed by atoms with Crippen molar-refractivity contribution < 1.29 is 4.79 Å². The van der Waals surface area contributed by atoms with Gasteiger partial charge in [0.25, 0.3) is 0 Å². The SMILES string of the molecule is O=C(Nc1cccnc1-n1cccn1)N1CC2CC3CC(C2)CC1C3. The zero-order chi connectivity index (χ0) is 16.8. The summed E-state index contributed by atoms with van der Waals surface area (Å²) in [5, 5.41) is 7.34. The Kier molecular flexibility index (Phi) is 3.50. The molecule has 2 saturated heterocycles. The molecule has 6 rings (SSSR count). The van der Waals surface area contributed by atoms with Crippen molar-refractivity contribution in [3.05, 3.63) is 36.8 Å². The fraction of sp³-hybridized carbons (Fsp3) is 0.526. The molecular weight excluding hydrogens is 314 g/mol. The first-order chi connectivity index (χ1) is 12.3. The largest absolute Gasteiger partial charge is 0.322 e. The van der Waals surface area contributed by atoms with E-state index in [2.05, 4.69) is 20.3 Å². The highest BCUT2D eigenvalue weighted by atomic mass is 16.2. The summed E-state index contributed by atoms with van der Waals surface area (Å²) >= 11 is 0. The second-order valence-corrected chi connectivity index (χ2v) is 7.84. The number of anilines is 1. The lowest BCUT2D eigenvalue weighted by Crippen LogP contribution is -2.44. The number of rotatable bonds is 2. The Hall–Kier alpha value is -2.37. The molecule has 2 aliphatic carbocycles. The van der Waals surface area contributed by atoms with Gasteiger partial charge in [0.05, 0.1) is 5.69 Å². The molecule has 2 unspecified atom stereocenters. The fourth-order valence-electron chi connectivity index (χ4n) is 5.29. The van der Waals surface area contributed by atoms with Crippen molar-refractivity contribution in [3.63, 3.8) is 0 Å². The quantitative estimate of drug-likeness (QED) is 0.914. The number of fused-ring (bicyclic) bond motifs is 1. The molecule has 2 amide bonds. The van der Waals surface area contributed by atoms with E-state index in [0.717, 1.165) is 18.4 Å². The molecule has 6 heteroatoms. The molecular formula is C19H23N5O. The molecule has 4 aliphatic rings. The number of carbonyl (C=O) groups is 1. The number of nitrogens with zero attached hydrogens (tertiary/aromatic N) is 4. The first-order valence-corrected chi connectivity index (χ1v) is 9.29. The predicted molar refractivity (Wildman–Crippen MR) is 94.4 cm³/mol. The second kappa shape index (κ2) is 5.86. The van der Waals surface area contributed by atoms with Crippen LogP contribution in [0.3, 0.4) is 0 Å². The van der Waals surface area contributed by atoms with Gasteiger partial charge in [-0.05, 0) is 68.1 Å².